The quantitative estimate of drug-likeness (QED) is 0.815. The Morgan fingerprint density at radius 2 is 1.96 bits per heavy atom. The number of aromatic nitrogens is 1. The van der Waals surface area contributed by atoms with Crippen LogP contribution in [0, 0.1) is 20.8 Å². The van der Waals surface area contributed by atoms with Crippen molar-refractivity contribution >= 4 is 23.1 Å². The van der Waals surface area contributed by atoms with Crippen LogP contribution in [-0.2, 0) is 4.79 Å². The molecule has 0 spiro atoms. The van der Waals surface area contributed by atoms with Gasteiger partial charge in [0.1, 0.15) is 5.76 Å². The highest BCUT2D eigenvalue weighted by Gasteiger charge is 2.40. The lowest BCUT2D eigenvalue weighted by molar-refractivity contribution is -0.123. The summed E-state index contributed by atoms with van der Waals surface area (Å²) in [4.78, 5) is 12.7. The molecule has 1 N–H and O–H groups in total. The van der Waals surface area contributed by atoms with E-state index in [1.54, 1.807) is 0 Å². The number of anilines is 1. The van der Waals surface area contributed by atoms with Crippen molar-refractivity contribution in [3.05, 3.63) is 33.7 Å². The van der Waals surface area contributed by atoms with Crippen molar-refractivity contribution in [2.75, 3.05) is 5.32 Å². The molecule has 2 aromatic rings. The predicted octanol–water partition coefficient (Wildman–Crippen LogP) is 4.80. The Balaban J connectivity index is 2.31. The molecule has 1 aliphatic rings. The van der Waals surface area contributed by atoms with Gasteiger partial charge >= 0.3 is 0 Å². The number of hydrogen-bond donors (Lipinski definition) is 1. The van der Waals surface area contributed by atoms with E-state index >= 15 is 0 Å². The maximum Gasteiger partial charge on any atom is 0.164 e. The Hall–Kier alpha value is -1.81. The van der Waals surface area contributed by atoms with Gasteiger partial charge in [-0.15, -0.1) is 0 Å². The van der Waals surface area contributed by atoms with E-state index in [-0.39, 0.29) is 11.7 Å². The number of nitrogens with one attached hydrogen (secondary N) is 1. The molecule has 2 heterocycles. The lowest BCUT2D eigenvalue weighted by Gasteiger charge is -2.38. The second-order valence-corrected chi connectivity index (χ2v) is 7.26. The first kappa shape index (κ1) is 16.1. The number of aryl methyl sites for hydroxylation is 3. The number of nitrogens with zero attached hydrogens (tertiary/aromatic N) is 1. The van der Waals surface area contributed by atoms with Crippen LogP contribution < -0.4 is 5.32 Å². The van der Waals surface area contributed by atoms with Gasteiger partial charge in [0, 0.05) is 28.3 Å². The van der Waals surface area contributed by atoms with E-state index in [1.165, 1.54) is 0 Å². The van der Waals surface area contributed by atoms with E-state index in [4.69, 9.17) is 16.1 Å². The molecule has 1 unspecified atom stereocenters. The van der Waals surface area contributed by atoms with Crippen LogP contribution in [0.5, 0.6) is 0 Å². The summed E-state index contributed by atoms with van der Waals surface area (Å²) in [6, 6.07) is 2.04. The first-order valence-corrected chi connectivity index (χ1v) is 8.11. The third-order valence-electron chi connectivity index (χ3n) is 4.68. The van der Waals surface area contributed by atoms with E-state index in [9.17, 15) is 4.79 Å². The van der Waals surface area contributed by atoms with E-state index in [2.05, 4.69) is 10.5 Å². The van der Waals surface area contributed by atoms with Crippen LogP contribution in [0.15, 0.2) is 10.6 Å². The molecule has 5 heteroatoms. The van der Waals surface area contributed by atoms with Gasteiger partial charge in [-0.1, -0.05) is 23.7 Å². The molecule has 0 amide bonds. The minimum atomic E-state index is -0.592. The maximum atomic E-state index is 12.7. The summed E-state index contributed by atoms with van der Waals surface area (Å²) < 4.78 is 5.28. The second kappa shape index (κ2) is 5.10. The van der Waals surface area contributed by atoms with Gasteiger partial charge < -0.3 is 9.84 Å². The molecular weight excluding hydrogens is 312 g/mol. The molecular formula is C18H21ClN2O2. The van der Waals surface area contributed by atoms with Gasteiger partial charge in [-0.2, -0.15) is 0 Å². The fraction of sp³-hybridized carbons (Fsp3) is 0.444. The molecule has 0 bridgehead atoms. The van der Waals surface area contributed by atoms with E-state index in [1.807, 2.05) is 47.6 Å². The number of hydrogen-bond acceptors (Lipinski definition) is 4. The average Bonchev–Trinajstić information content (AvgIpc) is 2.79. The number of benzene rings is 1. The van der Waals surface area contributed by atoms with Gasteiger partial charge in [0.05, 0.1) is 16.3 Å². The van der Waals surface area contributed by atoms with Crippen molar-refractivity contribution in [1.82, 2.24) is 5.16 Å². The Morgan fingerprint density at radius 1 is 1.30 bits per heavy atom. The number of ketones is 1. The van der Waals surface area contributed by atoms with Gasteiger partial charge in [-0.25, -0.2) is 0 Å². The molecule has 1 aromatic carbocycles. The molecule has 0 fully saturated rings. The highest BCUT2D eigenvalue weighted by molar-refractivity contribution is 6.35. The second-order valence-electron chi connectivity index (χ2n) is 6.88. The molecule has 0 saturated carbocycles. The van der Waals surface area contributed by atoms with Crippen LogP contribution in [0.3, 0.4) is 0 Å². The van der Waals surface area contributed by atoms with Crippen LogP contribution in [0.4, 0.5) is 5.69 Å². The zero-order chi connectivity index (χ0) is 17.1. The largest absolute Gasteiger partial charge is 0.373 e. The van der Waals surface area contributed by atoms with Crippen molar-refractivity contribution in [2.45, 2.75) is 53.0 Å². The lowest BCUT2D eigenvalue weighted by Crippen LogP contribution is -2.46. The van der Waals surface area contributed by atoms with Crippen molar-refractivity contribution in [3.63, 3.8) is 0 Å². The third-order valence-corrected chi connectivity index (χ3v) is 5.09. The summed E-state index contributed by atoms with van der Waals surface area (Å²) in [5.74, 6) is 0.613. The number of rotatable bonds is 1. The Bertz CT molecular complexity index is 801. The van der Waals surface area contributed by atoms with Crippen molar-refractivity contribution in [2.24, 2.45) is 0 Å². The number of carbonyl (C=O) groups excluding carboxylic acids is 1. The average molecular weight is 333 g/mol. The Morgan fingerprint density at radius 3 is 2.52 bits per heavy atom. The van der Waals surface area contributed by atoms with Crippen molar-refractivity contribution in [3.8, 4) is 11.1 Å². The first-order chi connectivity index (χ1) is 10.6. The fourth-order valence-electron chi connectivity index (χ4n) is 3.49. The van der Waals surface area contributed by atoms with Gasteiger partial charge in [0.25, 0.3) is 0 Å². The number of carbonyl (C=O) groups is 1. The molecule has 1 atom stereocenters. The van der Waals surface area contributed by atoms with Gasteiger partial charge in [-0.3, -0.25) is 4.79 Å². The van der Waals surface area contributed by atoms with Crippen LogP contribution in [0.1, 0.15) is 49.3 Å². The molecule has 0 saturated heterocycles. The smallest absolute Gasteiger partial charge is 0.164 e. The number of fused-ring (bicyclic) bond motifs is 1. The summed E-state index contributed by atoms with van der Waals surface area (Å²) >= 11 is 6.73. The summed E-state index contributed by atoms with van der Waals surface area (Å²) in [5.41, 5.74) is 4.88. The molecule has 1 aliphatic heterocycles. The van der Waals surface area contributed by atoms with Crippen molar-refractivity contribution < 1.29 is 9.32 Å². The minimum Gasteiger partial charge on any atom is -0.373 e. The zero-order valence-corrected chi connectivity index (χ0v) is 15.1. The molecule has 122 valence electrons. The molecule has 1 aromatic heterocycles. The third kappa shape index (κ3) is 2.27. The maximum absolute atomic E-state index is 12.7. The van der Waals surface area contributed by atoms with Gasteiger partial charge in [0.15, 0.2) is 5.78 Å². The normalized spacial score (nSPS) is 19.4. The van der Waals surface area contributed by atoms with Crippen molar-refractivity contribution in [1.29, 1.82) is 0 Å². The predicted molar refractivity (Wildman–Crippen MR) is 92.3 cm³/mol. The summed E-state index contributed by atoms with van der Waals surface area (Å²) in [5, 5.41) is 7.97. The molecule has 4 nitrogen and oxygen atoms in total. The molecule has 3 rings (SSSR count). The number of Topliss-reactive ketones (excluding diaryl/α,β-unsaturated/α-hetero) is 1. The van der Waals surface area contributed by atoms with E-state index in [0.29, 0.717) is 5.02 Å². The minimum absolute atomic E-state index is 0.141. The standard InChI is InChI=1S/C18H21ClN2O2/c1-8-7-12(14-10(3)21-23-11(14)4)15(19)13-9(2)17(22)18(5,6)20-16(8)13/h7,9,20H,1-6H3. The monoisotopic (exact) mass is 332 g/mol. The summed E-state index contributed by atoms with van der Waals surface area (Å²) in [7, 11) is 0. The fourth-order valence-corrected chi connectivity index (χ4v) is 3.89. The number of halogens is 1. The Labute approximate surface area is 141 Å². The lowest BCUT2D eigenvalue weighted by atomic mass is 9.78. The SMILES string of the molecule is Cc1cc(-c2c(C)noc2C)c(Cl)c2c1NC(C)(C)C(=O)C2C. The molecule has 0 aliphatic carbocycles. The van der Waals surface area contributed by atoms with E-state index < -0.39 is 5.54 Å². The van der Waals surface area contributed by atoms with Gasteiger partial charge in [-0.05, 0) is 46.2 Å². The highest BCUT2D eigenvalue weighted by atomic mass is 35.5. The highest BCUT2D eigenvalue weighted by Crippen LogP contribution is 2.47. The molecule has 23 heavy (non-hydrogen) atoms. The zero-order valence-electron chi connectivity index (χ0n) is 14.3. The summed E-state index contributed by atoms with van der Waals surface area (Å²) in [6.45, 7) is 11.5. The van der Waals surface area contributed by atoms with Crippen LogP contribution in [0.2, 0.25) is 5.02 Å². The van der Waals surface area contributed by atoms with Crippen LogP contribution in [0.25, 0.3) is 11.1 Å². The van der Waals surface area contributed by atoms with Crippen LogP contribution >= 0.6 is 11.6 Å². The summed E-state index contributed by atoms with van der Waals surface area (Å²) in [6.07, 6.45) is 0. The van der Waals surface area contributed by atoms with Gasteiger partial charge in [0.2, 0.25) is 0 Å². The topological polar surface area (TPSA) is 55.1 Å². The first-order valence-electron chi connectivity index (χ1n) is 7.74. The van der Waals surface area contributed by atoms with Crippen LogP contribution in [-0.4, -0.2) is 16.5 Å². The molecule has 0 radical (unpaired) electrons. The Kier molecular flexibility index (Phi) is 3.56. The van der Waals surface area contributed by atoms with E-state index in [0.717, 1.165) is 39.4 Å².